The summed E-state index contributed by atoms with van der Waals surface area (Å²) in [7, 11) is 1.40. The van der Waals surface area contributed by atoms with Gasteiger partial charge in [-0.25, -0.2) is 4.79 Å². The first-order valence-corrected chi connectivity index (χ1v) is 11.4. The van der Waals surface area contributed by atoms with Crippen LogP contribution in [0.2, 0.25) is 0 Å². The summed E-state index contributed by atoms with van der Waals surface area (Å²) < 4.78 is 11.0. The Morgan fingerprint density at radius 2 is 1.84 bits per heavy atom. The highest BCUT2D eigenvalue weighted by Crippen LogP contribution is 2.41. The maximum Gasteiger partial charge on any atom is 0.330 e. The molecule has 0 radical (unpaired) electrons. The van der Waals surface area contributed by atoms with Crippen LogP contribution in [0, 0.1) is 0 Å². The van der Waals surface area contributed by atoms with Crippen LogP contribution in [0.1, 0.15) is 76.5 Å². The Balaban J connectivity index is 2.27. The Morgan fingerprint density at radius 3 is 2.44 bits per heavy atom. The Morgan fingerprint density at radius 1 is 1.09 bits per heavy atom. The van der Waals surface area contributed by atoms with Crippen LogP contribution in [0.25, 0.3) is 27.7 Å². The Bertz CT molecular complexity index is 1140. The van der Waals surface area contributed by atoms with Gasteiger partial charge < -0.3 is 9.47 Å². The van der Waals surface area contributed by atoms with Gasteiger partial charge in [-0.05, 0) is 65.6 Å². The zero-order chi connectivity index (χ0) is 23.4. The second-order valence-electron chi connectivity index (χ2n) is 8.61. The highest BCUT2D eigenvalue weighted by molar-refractivity contribution is 5.98. The van der Waals surface area contributed by atoms with E-state index < -0.39 is 0 Å². The van der Waals surface area contributed by atoms with Crippen molar-refractivity contribution in [3.63, 3.8) is 0 Å². The monoisotopic (exact) mass is 434 g/mol. The van der Waals surface area contributed by atoms with Crippen molar-refractivity contribution in [3.05, 3.63) is 53.1 Å². The molecule has 0 atom stereocenters. The molecule has 5 heteroatoms. The van der Waals surface area contributed by atoms with E-state index in [1.54, 1.807) is 6.08 Å². The quantitative estimate of drug-likeness (QED) is 0.311. The van der Waals surface area contributed by atoms with Gasteiger partial charge in [-0.3, -0.25) is 5.10 Å². The minimum absolute atomic E-state index is 0.324. The van der Waals surface area contributed by atoms with E-state index in [0.29, 0.717) is 18.4 Å². The molecule has 0 bridgehead atoms. The van der Waals surface area contributed by atoms with Crippen LogP contribution in [-0.2, 0) is 9.53 Å². The van der Waals surface area contributed by atoms with Gasteiger partial charge in [0.15, 0.2) is 0 Å². The highest BCUT2D eigenvalue weighted by atomic mass is 16.5. The Hall–Kier alpha value is -3.08. The molecule has 1 N–H and O–H groups in total. The summed E-state index contributed by atoms with van der Waals surface area (Å²) in [6, 6.07) is 10.6. The highest BCUT2D eigenvalue weighted by Gasteiger charge is 2.21. The zero-order valence-corrected chi connectivity index (χ0v) is 20.2. The van der Waals surface area contributed by atoms with E-state index in [1.807, 2.05) is 26.0 Å². The Labute approximate surface area is 190 Å². The summed E-state index contributed by atoms with van der Waals surface area (Å²) in [4.78, 5) is 11.8. The molecule has 0 spiro atoms. The van der Waals surface area contributed by atoms with E-state index in [0.717, 1.165) is 45.5 Å². The molecule has 3 aromatic rings. The zero-order valence-electron chi connectivity index (χ0n) is 20.2. The van der Waals surface area contributed by atoms with Crippen LogP contribution in [0.3, 0.4) is 0 Å². The van der Waals surface area contributed by atoms with E-state index in [-0.39, 0.29) is 5.97 Å². The third-order valence-electron chi connectivity index (χ3n) is 5.78. The van der Waals surface area contributed by atoms with Crippen LogP contribution in [-0.4, -0.2) is 29.9 Å². The molecule has 5 nitrogen and oxygen atoms in total. The van der Waals surface area contributed by atoms with Crippen molar-refractivity contribution in [3.8, 4) is 17.0 Å². The van der Waals surface area contributed by atoms with Crippen molar-refractivity contribution in [1.29, 1.82) is 0 Å². The van der Waals surface area contributed by atoms with Crippen molar-refractivity contribution in [1.82, 2.24) is 10.2 Å². The molecule has 0 aliphatic heterocycles. The molecule has 2 aromatic carbocycles. The fourth-order valence-corrected chi connectivity index (χ4v) is 3.93. The van der Waals surface area contributed by atoms with Crippen LogP contribution in [0.15, 0.2) is 36.4 Å². The van der Waals surface area contributed by atoms with Gasteiger partial charge in [0, 0.05) is 17.0 Å². The van der Waals surface area contributed by atoms with Crippen LogP contribution >= 0.6 is 0 Å². The lowest BCUT2D eigenvalue weighted by Gasteiger charge is -2.20. The van der Waals surface area contributed by atoms with Gasteiger partial charge in [-0.15, -0.1) is 0 Å². The summed E-state index contributed by atoms with van der Waals surface area (Å²) in [5.74, 6) is 1.26. The van der Waals surface area contributed by atoms with Crippen LogP contribution in [0.5, 0.6) is 5.75 Å². The average Bonchev–Trinajstić information content (AvgIpc) is 3.20. The molecule has 0 amide bonds. The number of nitrogens with zero attached hydrogens (tertiary/aromatic N) is 1. The predicted molar refractivity (Wildman–Crippen MR) is 131 cm³/mol. The number of benzene rings is 2. The number of hydrogen-bond donors (Lipinski definition) is 1. The average molecular weight is 435 g/mol. The van der Waals surface area contributed by atoms with Gasteiger partial charge >= 0.3 is 5.97 Å². The van der Waals surface area contributed by atoms with Crippen molar-refractivity contribution in [2.45, 2.75) is 59.8 Å². The molecular weight excluding hydrogens is 400 g/mol. The fraction of sp³-hybridized carbons (Fsp3) is 0.407. The third kappa shape index (κ3) is 4.72. The maximum absolute atomic E-state index is 11.8. The van der Waals surface area contributed by atoms with Crippen molar-refractivity contribution in [2.24, 2.45) is 0 Å². The van der Waals surface area contributed by atoms with Crippen molar-refractivity contribution >= 4 is 22.4 Å². The maximum atomic E-state index is 11.8. The number of aromatic amines is 1. The van der Waals surface area contributed by atoms with Crippen molar-refractivity contribution in [2.75, 3.05) is 13.7 Å². The molecule has 32 heavy (non-hydrogen) atoms. The summed E-state index contributed by atoms with van der Waals surface area (Å²) >= 11 is 0. The van der Waals surface area contributed by atoms with E-state index in [4.69, 9.17) is 14.6 Å². The first-order valence-electron chi connectivity index (χ1n) is 11.4. The lowest BCUT2D eigenvalue weighted by atomic mass is 9.90. The normalized spacial score (nSPS) is 12.1. The molecule has 1 heterocycles. The molecule has 0 saturated carbocycles. The van der Waals surface area contributed by atoms with Gasteiger partial charge in [0.05, 0.1) is 19.2 Å². The summed E-state index contributed by atoms with van der Waals surface area (Å²) in [5, 5.41) is 8.87. The largest absolute Gasteiger partial charge is 0.493 e. The minimum Gasteiger partial charge on any atom is -0.493 e. The molecule has 170 valence electrons. The van der Waals surface area contributed by atoms with Gasteiger partial charge in [0.2, 0.25) is 0 Å². The van der Waals surface area contributed by atoms with E-state index in [1.165, 1.54) is 18.2 Å². The number of allylic oxidation sites excluding steroid dienone is 1. The number of aromatic nitrogens is 2. The predicted octanol–water partition coefficient (Wildman–Crippen LogP) is 6.84. The van der Waals surface area contributed by atoms with Gasteiger partial charge in [0.25, 0.3) is 0 Å². The van der Waals surface area contributed by atoms with E-state index in [9.17, 15) is 4.79 Å². The summed E-state index contributed by atoms with van der Waals surface area (Å²) in [6.07, 6.45) is 2.28. The SMILES string of the molecule is CCOc1c(-c2n[nH]c3ccc(/C(=C/C(=O)OC)CC)cc23)cc(C(C)C)cc1C(C)C. The molecular formula is C27H34N2O3. The van der Waals surface area contributed by atoms with E-state index >= 15 is 0 Å². The first kappa shape index (κ1) is 23.6. The molecule has 0 fully saturated rings. The number of carbonyl (C=O) groups is 1. The molecule has 0 aliphatic rings. The van der Waals surface area contributed by atoms with Crippen LogP contribution in [0.4, 0.5) is 0 Å². The molecule has 0 unspecified atom stereocenters. The number of esters is 1. The standard InChI is InChI=1S/C27H34N2O3/c1-8-18(15-25(30)31-7)19-10-11-24-22(12-19)26(29-28-24)23-14-20(16(3)4)13-21(17(5)6)27(23)32-9-2/h10-17H,8-9H2,1-7H3,(H,28,29)/b18-15+. The fourth-order valence-electron chi connectivity index (χ4n) is 3.93. The van der Waals surface area contributed by atoms with Crippen molar-refractivity contribution < 1.29 is 14.3 Å². The summed E-state index contributed by atoms with van der Waals surface area (Å²) in [6.45, 7) is 13.4. The first-order chi connectivity index (χ1) is 15.3. The van der Waals surface area contributed by atoms with E-state index in [2.05, 4.69) is 51.0 Å². The summed E-state index contributed by atoms with van der Waals surface area (Å²) in [5.41, 5.74) is 7.17. The molecule has 0 aliphatic carbocycles. The Kier molecular flexibility index (Phi) is 7.39. The molecule has 1 aromatic heterocycles. The topological polar surface area (TPSA) is 64.2 Å². The second-order valence-corrected chi connectivity index (χ2v) is 8.61. The van der Waals surface area contributed by atoms with Gasteiger partial charge in [-0.1, -0.05) is 46.8 Å². The smallest absolute Gasteiger partial charge is 0.330 e. The number of ether oxygens (including phenoxy) is 2. The van der Waals surface area contributed by atoms with Gasteiger partial charge in [0.1, 0.15) is 11.4 Å². The lowest BCUT2D eigenvalue weighted by molar-refractivity contribution is -0.134. The van der Waals surface area contributed by atoms with Crippen LogP contribution < -0.4 is 4.74 Å². The number of carbonyl (C=O) groups excluding carboxylic acids is 1. The van der Waals surface area contributed by atoms with Gasteiger partial charge in [-0.2, -0.15) is 5.10 Å². The molecule has 3 rings (SSSR count). The number of fused-ring (bicyclic) bond motifs is 1. The molecule has 0 saturated heterocycles. The number of H-pyrrole nitrogens is 1. The third-order valence-corrected chi connectivity index (χ3v) is 5.78. The number of nitrogens with one attached hydrogen (secondary N) is 1. The lowest BCUT2D eigenvalue weighted by Crippen LogP contribution is -2.03. The second kappa shape index (κ2) is 10.0. The number of methoxy groups -OCH3 is 1. The minimum atomic E-state index is -0.348. The number of rotatable bonds is 8. The number of hydrogen-bond acceptors (Lipinski definition) is 4.